The predicted molar refractivity (Wildman–Crippen MR) is 101 cm³/mol. The summed E-state index contributed by atoms with van der Waals surface area (Å²) in [5, 5.41) is 5.62. The molecule has 0 aromatic heterocycles. The fraction of sp³-hybridized carbons (Fsp3) is 0.600. The monoisotopic (exact) mass is 373 g/mol. The topological polar surface area (TPSA) is 79.9 Å². The highest BCUT2D eigenvalue weighted by Crippen LogP contribution is 2.38. The van der Waals surface area contributed by atoms with Crippen LogP contribution in [0.15, 0.2) is 24.3 Å². The molecule has 146 valence electrons. The van der Waals surface area contributed by atoms with Gasteiger partial charge in [-0.05, 0) is 49.9 Å². The van der Waals surface area contributed by atoms with Crippen LogP contribution in [0.1, 0.15) is 48.9 Å². The van der Waals surface area contributed by atoms with Crippen molar-refractivity contribution in [3.63, 3.8) is 0 Å². The van der Waals surface area contributed by atoms with Crippen LogP contribution in [0, 0.1) is 0 Å². The van der Waals surface area contributed by atoms with Crippen LogP contribution >= 0.6 is 0 Å². The molecular formula is C20H27N3O4. The smallest absolute Gasteiger partial charge is 0.319 e. The molecule has 3 aliphatic rings. The molecule has 7 nitrogen and oxygen atoms in total. The normalized spacial score (nSPS) is 23.7. The second-order valence-electron chi connectivity index (χ2n) is 7.58. The summed E-state index contributed by atoms with van der Waals surface area (Å²) in [4.78, 5) is 26.3. The Morgan fingerprint density at radius 3 is 2.48 bits per heavy atom. The molecule has 4 rings (SSSR count). The van der Waals surface area contributed by atoms with Crippen molar-refractivity contribution in [3.05, 3.63) is 29.8 Å². The average Bonchev–Trinajstić information content (AvgIpc) is 3.44. The highest BCUT2D eigenvalue weighted by Gasteiger charge is 2.43. The van der Waals surface area contributed by atoms with Crippen LogP contribution in [0.5, 0.6) is 0 Å². The fourth-order valence-electron chi connectivity index (χ4n) is 4.07. The summed E-state index contributed by atoms with van der Waals surface area (Å²) in [5.74, 6) is -0.344. The first-order chi connectivity index (χ1) is 13.1. The van der Waals surface area contributed by atoms with Crippen LogP contribution in [-0.4, -0.2) is 55.0 Å². The SMILES string of the molecule is O=C(NCC1COC2(CCCC2)O1)Nc1ccc(C(=O)N2CCCC2)cc1. The predicted octanol–water partition coefficient (Wildman–Crippen LogP) is 2.73. The number of anilines is 1. The molecule has 1 aromatic carbocycles. The Balaban J connectivity index is 1.23. The third-order valence-corrected chi connectivity index (χ3v) is 5.55. The van der Waals surface area contributed by atoms with Gasteiger partial charge in [0.05, 0.1) is 6.61 Å². The van der Waals surface area contributed by atoms with Gasteiger partial charge >= 0.3 is 6.03 Å². The van der Waals surface area contributed by atoms with Gasteiger partial charge in [-0.15, -0.1) is 0 Å². The summed E-state index contributed by atoms with van der Waals surface area (Å²) in [6.07, 6.45) is 6.20. The van der Waals surface area contributed by atoms with Crippen molar-refractivity contribution >= 4 is 17.6 Å². The Kier molecular flexibility index (Phi) is 5.31. The van der Waals surface area contributed by atoms with Crippen molar-refractivity contribution in [2.45, 2.75) is 50.4 Å². The Morgan fingerprint density at radius 1 is 1.07 bits per heavy atom. The average molecular weight is 373 g/mol. The van der Waals surface area contributed by atoms with Gasteiger partial charge in [0.15, 0.2) is 5.79 Å². The van der Waals surface area contributed by atoms with Crippen LogP contribution < -0.4 is 10.6 Å². The van der Waals surface area contributed by atoms with Crippen LogP contribution in [-0.2, 0) is 9.47 Å². The van der Waals surface area contributed by atoms with Crippen molar-refractivity contribution in [1.82, 2.24) is 10.2 Å². The molecule has 1 saturated carbocycles. The van der Waals surface area contributed by atoms with E-state index in [1.54, 1.807) is 24.3 Å². The van der Waals surface area contributed by atoms with E-state index in [9.17, 15) is 9.59 Å². The van der Waals surface area contributed by atoms with E-state index in [4.69, 9.17) is 9.47 Å². The second-order valence-corrected chi connectivity index (χ2v) is 7.58. The summed E-state index contributed by atoms with van der Waals surface area (Å²) < 4.78 is 11.8. The lowest BCUT2D eigenvalue weighted by atomic mass is 10.2. The number of hydrogen-bond donors (Lipinski definition) is 2. The number of ether oxygens (including phenoxy) is 2. The number of nitrogens with one attached hydrogen (secondary N) is 2. The maximum atomic E-state index is 12.3. The van der Waals surface area contributed by atoms with Gasteiger partial charge in [0.25, 0.3) is 5.91 Å². The standard InChI is InChI=1S/C20H27N3O4/c24-18(23-11-3-4-12-23)15-5-7-16(8-6-15)22-19(25)21-13-17-14-26-20(27-17)9-1-2-10-20/h5-8,17H,1-4,9-14H2,(H2,21,22,25). The van der Waals surface area contributed by atoms with E-state index in [2.05, 4.69) is 10.6 Å². The molecule has 7 heteroatoms. The Labute approximate surface area is 159 Å². The number of benzene rings is 1. The highest BCUT2D eigenvalue weighted by molar-refractivity contribution is 5.95. The molecule has 27 heavy (non-hydrogen) atoms. The highest BCUT2D eigenvalue weighted by atomic mass is 16.7. The van der Waals surface area contributed by atoms with E-state index in [-0.39, 0.29) is 18.0 Å². The van der Waals surface area contributed by atoms with Crippen LogP contribution in [0.25, 0.3) is 0 Å². The maximum absolute atomic E-state index is 12.3. The minimum atomic E-state index is -0.402. The Hall–Kier alpha value is -2.12. The molecule has 1 atom stereocenters. The molecule has 3 amide bonds. The zero-order chi connectivity index (χ0) is 18.7. The zero-order valence-electron chi connectivity index (χ0n) is 15.5. The van der Waals surface area contributed by atoms with Gasteiger partial charge < -0.3 is 25.0 Å². The first-order valence-corrected chi connectivity index (χ1v) is 9.90. The van der Waals surface area contributed by atoms with Gasteiger partial charge in [-0.25, -0.2) is 4.79 Å². The van der Waals surface area contributed by atoms with Crippen molar-refractivity contribution in [2.24, 2.45) is 0 Å². The molecule has 2 heterocycles. The number of rotatable bonds is 4. The molecule has 2 N–H and O–H groups in total. The number of likely N-dealkylation sites (tertiary alicyclic amines) is 1. The maximum Gasteiger partial charge on any atom is 0.319 e. The van der Waals surface area contributed by atoms with Gasteiger partial charge in [0, 0.05) is 43.7 Å². The molecule has 1 aliphatic carbocycles. The number of urea groups is 1. The number of amides is 3. The first kappa shape index (κ1) is 18.3. The van der Waals surface area contributed by atoms with Crippen LogP contribution in [0.2, 0.25) is 0 Å². The number of hydrogen-bond acceptors (Lipinski definition) is 4. The van der Waals surface area contributed by atoms with Gasteiger partial charge in [-0.1, -0.05) is 0 Å². The van der Waals surface area contributed by atoms with Crippen LogP contribution in [0.4, 0.5) is 10.5 Å². The largest absolute Gasteiger partial charge is 0.347 e. The van der Waals surface area contributed by atoms with Crippen LogP contribution in [0.3, 0.4) is 0 Å². The molecule has 1 unspecified atom stereocenters. The van der Waals surface area contributed by atoms with Crippen molar-refractivity contribution < 1.29 is 19.1 Å². The van der Waals surface area contributed by atoms with Gasteiger partial charge in [0.1, 0.15) is 6.10 Å². The quantitative estimate of drug-likeness (QED) is 0.850. The second kappa shape index (κ2) is 7.86. The Morgan fingerprint density at radius 2 is 1.78 bits per heavy atom. The molecule has 1 aromatic rings. The molecule has 0 bridgehead atoms. The lowest BCUT2D eigenvalue weighted by Crippen LogP contribution is -2.37. The minimum Gasteiger partial charge on any atom is -0.347 e. The number of carbonyl (C=O) groups excluding carboxylic acids is 2. The molecule has 2 aliphatic heterocycles. The van der Waals surface area contributed by atoms with E-state index < -0.39 is 5.79 Å². The molecular weight excluding hydrogens is 346 g/mol. The first-order valence-electron chi connectivity index (χ1n) is 9.90. The summed E-state index contributed by atoms with van der Waals surface area (Å²) >= 11 is 0. The van der Waals surface area contributed by atoms with E-state index in [0.29, 0.717) is 24.4 Å². The van der Waals surface area contributed by atoms with Crippen molar-refractivity contribution in [1.29, 1.82) is 0 Å². The van der Waals surface area contributed by atoms with E-state index in [1.807, 2.05) is 4.90 Å². The zero-order valence-corrected chi connectivity index (χ0v) is 15.5. The third-order valence-electron chi connectivity index (χ3n) is 5.55. The molecule has 3 fully saturated rings. The summed E-state index contributed by atoms with van der Waals surface area (Å²) in [6.45, 7) is 2.59. The lowest BCUT2D eigenvalue weighted by molar-refractivity contribution is -0.160. The van der Waals surface area contributed by atoms with E-state index >= 15 is 0 Å². The summed E-state index contributed by atoms with van der Waals surface area (Å²) in [6, 6.07) is 6.74. The lowest BCUT2D eigenvalue weighted by Gasteiger charge is -2.22. The number of carbonyl (C=O) groups is 2. The fourth-order valence-corrected chi connectivity index (χ4v) is 4.07. The molecule has 2 saturated heterocycles. The van der Waals surface area contributed by atoms with Gasteiger partial charge in [-0.2, -0.15) is 0 Å². The van der Waals surface area contributed by atoms with E-state index in [0.717, 1.165) is 51.6 Å². The molecule has 1 spiro atoms. The van der Waals surface area contributed by atoms with Crippen molar-refractivity contribution in [2.75, 3.05) is 31.6 Å². The summed E-state index contributed by atoms with van der Waals surface area (Å²) in [5.41, 5.74) is 1.31. The van der Waals surface area contributed by atoms with Gasteiger partial charge in [0.2, 0.25) is 0 Å². The van der Waals surface area contributed by atoms with Gasteiger partial charge in [-0.3, -0.25) is 4.79 Å². The third kappa shape index (κ3) is 4.25. The van der Waals surface area contributed by atoms with E-state index in [1.165, 1.54) is 0 Å². The van der Waals surface area contributed by atoms with Crippen molar-refractivity contribution in [3.8, 4) is 0 Å². The summed E-state index contributed by atoms with van der Waals surface area (Å²) in [7, 11) is 0. The minimum absolute atomic E-state index is 0.0581. The molecule has 0 radical (unpaired) electrons. The Bertz CT molecular complexity index is 679. The number of nitrogens with zero attached hydrogens (tertiary/aromatic N) is 1.